The topological polar surface area (TPSA) is 35.6 Å². The molecular formula is C21H25F2N3O. The number of rotatable bonds is 6. The molecule has 1 saturated heterocycles. The molecule has 0 unspecified atom stereocenters. The quantitative estimate of drug-likeness (QED) is 0.791. The Morgan fingerprint density at radius 2 is 1.78 bits per heavy atom. The lowest BCUT2D eigenvalue weighted by molar-refractivity contribution is 0.0863. The predicted molar refractivity (Wildman–Crippen MR) is 102 cm³/mol. The van der Waals surface area contributed by atoms with Gasteiger partial charge in [-0.15, -0.1) is 0 Å². The predicted octanol–water partition coefficient (Wildman–Crippen LogP) is 3.07. The monoisotopic (exact) mass is 373 g/mol. The van der Waals surface area contributed by atoms with Crippen LogP contribution in [0.2, 0.25) is 0 Å². The van der Waals surface area contributed by atoms with Gasteiger partial charge in [-0.3, -0.25) is 9.69 Å². The summed E-state index contributed by atoms with van der Waals surface area (Å²) in [6.45, 7) is 4.09. The van der Waals surface area contributed by atoms with E-state index in [-0.39, 0.29) is 0 Å². The summed E-state index contributed by atoms with van der Waals surface area (Å²) in [6, 6.07) is 14.1. The lowest BCUT2D eigenvalue weighted by atomic mass is 10.0. The van der Waals surface area contributed by atoms with Gasteiger partial charge in [0.25, 0.3) is 5.91 Å². The molecule has 4 nitrogen and oxygen atoms in total. The Bertz CT molecular complexity index is 749. The van der Waals surface area contributed by atoms with Crippen molar-refractivity contribution in [3.8, 4) is 0 Å². The lowest BCUT2D eigenvalue weighted by Gasteiger charge is -2.40. The number of hydrogen-bond donors (Lipinski definition) is 1. The number of amides is 1. The van der Waals surface area contributed by atoms with Crippen LogP contribution in [-0.2, 0) is 0 Å². The van der Waals surface area contributed by atoms with Gasteiger partial charge in [0.1, 0.15) is 17.2 Å². The van der Waals surface area contributed by atoms with Gasteiger partial charge >= 0.3 is 0 Å². The zero-order valence-corrected chi connectivity index (χ0v) is 15.5. The molecule has 1 fully saturated rings. The van der Waals surface area contributed by atoms with Crippen molar-refractivity contribution in [3.63, 3.8) is 0 Å². The third-order valence-electron chi connectivity index (χ3n) is 4.98. The third kappa shape index (κ3) is 4.90. The molecule has 1 amide bonds. The van der Waals surface area contributed by atoms with Gasteiger partial charge in [0, 0.05) is 38.8 Å². The Labute approximate surface area is 158 Å². The smallest absolute Gasteiger partial charge is 0.257 e. The van der Waals surface area contributed by atoms with Crippen molar-refractivity contribution in [2.24, 2.45) is 0 Å². The molecule has 0 bridgehead atoms. The molecule has 3 rings (SSSR count). The van der Waals surface area contributed by atoms with E-state index in [4.69, 9.17) is 0 Å². The number of nitrogens with one attached hydrogen (secondary N) is 1. The molecule has 0 radical (unpaired) electrons. The van der Waals surface area contributed by atoms with E-state index in [9.17, 15) is 13.6 Å². The first-order valence-corrected chi connectivity index (χ1v) is 9.26. The van der Waals surface area contributed by atoms with Gasteiger partial charge < -0.3 is 10.2 Å². The summed E-state index contributed by atoms with van der Waals surface area (Å²) in [6.07, 6.45) is 0.717. The standard InChI is InChI=1S/C21H25F2N3O/c1-25-13-14-26(19(15-25)16-7-3-2-4-8-16)12-6-11-24-21(27)20-17(22)9-5-10-18(20)23/h2-5,7-10,19H,6,11-15H2,1H3,(H,24,27)/t19-/m1/s1. The maximum Gasteiger partial charge on any atom is 0.257 e. The van der Waals surface area contributed by atoms with Gasteiger partial charge in [-0.2, -0.15) is 0 Å². The van der Waals surface area contributed by atoms with Gasteiger partial charge in [-0.05, 0) is 31.2 Å². The molecule has 1 atom stereocenters. The number of carbonyl (C=O) groups is 1. The van der Waals surface area contributed by atoms with E-state index in [1.807, 2.05) is 18.2 Å². The average Bonchev–Trinajstić information content (AvgIpc) is 2.66. The van der Waals surface area contributed by atoms with Crippen molar-refractivity contribution in [1.29, 1.82) is 0 Å². The number of nitrogens with zero attached hydrogens (tertiary/aromatic N) is 2. The van der Waals surface area contributed by atoms with Gasteiger partial charge in [-0.25, -0.2) is 8.78 Å². The summed E-state index contributed by atoms with van der Waals surface area (Å²) < 4.78 is 27.3. The van der Waals surface area contributed by atoms with Crippen molar-refractivity contribution < 1.29 is 13.6 Å². The summed E-state index contributed by atoms with van der Waals surface area (Å²) in [5.41, 5.74) is 0.765. The van der Waals surface area contributed by atoms with Crippen LogP contribution in [0, 0.1) is 11.6 Å². The maximum atomic E-state index is 13.7. The van der Waals surface area contributed by atoms with Crippen LogP contribution in [0.4, 0.5) is 8.78 Å². The second kappa shape index (κ2) is 9.06. The Kier molecular flexibility index (Phi) is 6.53. The summed E-state index contributed by atoms with van der Waals surface area (Å²) in [5, 5.41) is 2.63. The van der Waals surface area contributed by atoms with Crippen molar-refractivity contribution >= 4 is 5.91 Å². The van der Waals surface area contributed by atoms with Crippen LogP contribution in [0.15, 0.2) is 48.5 Å². The molecule has 144 valence electrons. The summed E-state index contributed by atoms with van der Waals surface area (Å²) >= 11 is 0. The van der Waals surface area contributed by atoms with E-state index in [1.54, 1.807) is 0 Å². The first kappa shape index (κ1) is 19.5. The van der Waals surface area contributed by atoms with E-state index in [0.29, 0.717) is 12.6 Å². The molecule has 0 aromatic heterocycles. The molecule has 0 saturated carbocycles. The normalized spacial score (nSPS) is 18.4. The Morgan fingerprint density at radius 1 is 1.07 bits per heavy atom. The highest BCUT2D eigenvalue weighted by Crippen LogP contribution is 2.24. The van der Waals surface area contributed by atoms with Crippen LogP contribution in [0.5, 0.6) is 0 Å². The van der Waals surface area contributed by atoms with Gasteiger partial charge in [-0.1, -0.05) is 36.4 Å². The van der Waals surface area contributed by atoms with Crippen molar-refractivity contribution in [3.05, 3.63) is 71.3 Å². The number of carbonyl (C=O) groups excluding carboxylic acids is 1. The van der Waals surface area contributed by atoms with Crippen LogP contribution in [0.3, 0.4) is 0 Å². The van der Waals surface area contributed by atoms with Crippen LogP contribution in [-0.4, -0.2) is 55.5 Å². The molecule has 2 aromatic carbocycles. The molecule has 6 heteroatoms. The highest BCUT2D eigenvalue weighted by Gasteiger charge is 2.26. The van der Waals surface area contributed by atoms with E-state index < -0.39 is 23.1 Å². The maximum absolute atomic E-state index is 13.7. The fourth-order valence-electron chi connectivity index (χ4n) is 3.50. The van der Waals surface area contributed by atoms with Crippen molar-refractivity contribution in [2.75, 3.05) is 39.8 Å². The molecule has 0 aliphatic carbocycles. The van der Waals surface area contributed by atoms with E-state index in [2.05, 4.69) is 34.3 Å². The number of benzene rings is 2. The Hall–Kier alpha value is -2.31. The van der Waals surface area contributed by atoms with Crippen LogP contribution in [0.1, 0.15) is 28.4 Å². The SMILES string of the molecule is CN1CCN(CCCNC(=O)c2c(F)cccc2F)[C@@H](c2ccccc2)C1. The van der Waals surface area contributed by atoms with Gasteiger partial charge in [0.2, 0.25) is 0 Å². The third-order valence-corrected chi connectivity index (χ3v) is 4.98. The summed E-state index contributed by atoms with van der Waals surface area (Å²) in [5.74, 6) is -2.38. The number of halogens is 2. The fourth-order valence-corrected chi connectivity index (χ4v) is 3.50. The highest BCUT2D eigenvalue weighted by atomic mass is 19.1. The molecule has 1 N–H and O–H groups in total. The molecule has 2 aromatic rings. The largest absolute Gasteiger partial charge is 0.352 e. The second-order valence-electron chi connectivity index (χ2n) is 6.93. The van der Waals surface area contributed by atoms with Crippen LogP contribution >= 0.6 is 0 Å². The Morgan fingerprint density at radius 3 is 2.48 bits per heavy atom. The molecule has 1 heterocycles. The van der Waals surface area contributed by atoms with Crippen molar-refractivity contribution in [1.82, 2.24) is 15.1 Å². The van der Waals surface area contributed by atoms with E-state index in [0.717, 1.165) is 44.7 Å². The minimum Gasteiger partial charge on any atom is -0.352 e. The van der Waals surface area contributed by atoms with Crippen molar-refractivity contribution in [2.45, 2.75) is 12.5 Å². The molecule has 1 aliphatic rings. The first-order valence-electron chi connectivity index (χ1n) is 9.26. The summed E-state index contributed by atoms with van der Waals surface area (Å²) in [4.78, 5) is 16.8. The van der Waals surface area contributed by atoms with Gasteiger partial charge in [0.15, 0.2) is 0 Å². The zero-order chi connectivity index (χ0) is 19.2. The minimum atomic E-state index is -0.837. The first-order chi connectivity index (χ1) is 13.1. The second-order valence-corrected chi connectivity index (χ2v) is 6.93. The number of hydrogen-bond acceptors (Lipinski definition) is 3. The van der Waals surface area contributed by atoms with E-state index >= 15 is 0 Å². The highest BCUT2D eigenvalue weighted by molar-refractivity contribution is 5.94. The molecule has 0 spiro atoms. The Balaban J connectivity index is 1.54. The lowest BCUT2D eigenvalue weighted by Crippen LogP contribution is -2.47. The summed E-state index contributed by atoms with van der Waals surface area (Å²) in [7, 11) is 2.12. The fraction of sp³-hybridized carbons (Fsp3) is 0.381. The molecule has 1 aliphatic heterocycles. The van der Waals surface area contributed by atoms with E-state index in [1.165, 1.54) is 11.6 Å². The molecular weight excluding hydrogens is 348 g/mol. The molecule has 27 heavy (non-hydrogen) atoms. The number of likely N-dealkylation sites (N-methyl/N-ethyl adjacent to an activating group) is 1. The van der Waals surface area contributed by atoms with Crippen LogP contribution < -0.4 is 5.32 Å². The zero-order valence-electron chi connectivity index (χ0n) is 15.5. The van der Waals surface area contributed by atoms with Crippen LogP contribution in [0.25, 0.3) is 0 Å². The van der Waals surface area contributed by atoms with Gasteiger partial charge in [0.05, 0.1) is 0 Å². The average molecular weight is 373 g/mol. The minimum absolute atomic E-state index is 0.310. The number of piperazine rings is 1.